The Kier molecular flexibility index (Phi) is 4.66. The van der Waals surface area contributed by atoms with Crippen molar-refractivity contribution in [2.45, 2.75) is 26.3 Å². The summed E-state index contributed by atoms with van der Waals surface area (Å²) in [5.74, 6) is -0.442. The van der Waals surface area contributed by atoms with Crippen LogP contribution in [-0.2, 0) is 13.0 Å². The van der Waals surface area contributed by atoms with Crippen LogP contribution in [0.5, 0.6) is 0 Å². The Morgan fingerprint density at radius 3 is 3.04 bits per heavy atom. The van der Waals surface area contributed by atoms with Crippen molar-refractivity contribution in [3.05, 3.63) is 46.5 Å². The number of aryl methyl sites for hydroxylation is 1. The van der Waals surface area contributed by atoms with Crippen molar-refractivity contribution >= 4 is 5.91 Å². The van der Waals surface area contributed by atoms with Crippen LogP contribution in [0.2, 0.25) is 0 Å². The summed E-state index contributed by atoms with van der Waals surface area (Å²) in [4.78, 5) is 12.2. The van der Waals surface area contributed by atoms with E-state index in [4.69, 9.17) is 0 Å². The molecule has 1 fully saturated rings. The molecule has 2 aromatic rings. The van der Waals surface area contributed by atoms with Gasteiger partial charge in [0.15, 0.2) is 0 Å². The first-order valence-electron chi connectivity index (χ1n) is 7.69. The maximum absolute atomic E-state index is 14.0. The average molecular weight is 318 g/mol. The molecule has 0 radical (unpaired) electrons. The summed E-state index contributed by atoms with van der Waals surface area (Å²) in [5, 5.41) is 13.3. The lowest BCUT2D eigenvalue weighted by Gasteiger charge is -2.10. The molecular weight excluding hydrogens is 299 g/mol. The van der Waals surface area contributed by atoms with E-state index in [1.54, 1.807) is 19.1 Å². The van der Waals surface area contributed by atoms with E-state index in [0.29, 0.717) is 17.3 Å². The van der Waals surface area contributed by atoms with Gasteiger partial charge in [0, 0.05) is 0 Å². The molecular formula is C16H19FN4O2. The zero-order valence-electron chi connectivity index (χ0n) is 12.9. The van der Waals surface area contributed by atoms with Crippen LogP contribution in [0.3, 0.4) is 0 Å². The minimum absolute atomic E-state index is 0.0579. The first-order valence-corrected chi connectivity index (χ1v) is 7.69. The lowest BCUT2D eigenvalue weighted by Crippen LogP contribution is -2.24. The topological polar surface area (TPSA) is 80.1 Å². The van der Waals surface area contributed by atoms with Gasteiger partial charge in [0.25, 0.3) is 5.91 Å². The monoisotopic (exact) mass is 318 g/mol. The highest BCUT2D eigenvalue weighted by molar-refractivity contribution is 5.94. The number of hydrogen-bond acceptors (Lipinski definition) is 5. The molecule has 0 saturated carbocycles. The second kappa shape index (κ2) is 6.87. The molecule has 0 bridgehead atoms. The number of benzene rings is 1. The van der Waals surface area contributed by atoms with Gasteiger partial charge in [-0.2, -0.15) is 0 Å². The van der Waals surface area contributed by atoms with Crippen LogP contribution in [0.1, 0.15) is 33.7 Å². The zero-order valence-corrected chi connectivity index (χ0v) is 12.9. The highest BCUT2D eigenvalue weighted by Crippen LogP contribution is 2.18. The predicted molar refractivity (Wildman–Crippen MR) is 81.3 cm³/mol. The maximum Gasteiger partial charge on any atom is 0.254 e. The first kappa shape index (κ1) is 15.6. The van der Waals surface area contributed by atoms with Crippen LogP contribution in [0.15, 0.2) is 22.8 Å². The molecule has 1 aliphatic rings. The molecule has 3 rings (SSSR count). The smallest absolute Gasteiger partial charge is 0.254 e. The van der Waals surface area contributed by atoms with Crippen LogP contribution >= 0.6 is 0 Å². The Morgan fingerprint density at radius 2 is 2.35 bits per heavy atom. The number of rotatable bonds is 5. The van der Waals surface area contributed by atoms with Crippen molar-refractivity contribution < 1.29 is 13.8 Å². The molecule has 1 aromatic heterocycles. The van der Waals surface area contributed by atoms with Crippen molar-refractivity contribution in [3.8, 4) is 0 Å². The minimum Gasteiger partial charge on any atom is -0.346 e. The predicted octanol–water partition coefficient (Wildman–Crippen LogP) is 1.60. The molecule has 1 unspecified atom stereocenters. The average Bonchev–Trinajstić information content (AvgIpc) is 3.18. The van der Waals surface area contributed by atoms with Crippen molar-refractivity contribution in [2.75, 3.05) is 13.1 Å². The van der Waals surface area contributed by atoms with E-state index in [2.05, 4.69) is 25.6 Å². The fourth-order valence-corrected chi connectivity index (χ4v) is 2.76. The van der Waals surface area contributed by atoms with Crippen molar-refractivity contribution in [1.82, 2.24) is 20.9 Å². The second-order valence-electron chi connectivity index (χ2n) is 5.86. The summed E-state index contributed by atoms with van der Waals surface area (Å²) < 4.78 is 18.5. The highest BCUT2D eigenvalue weighted by atomic mass is 19.1. The van der Waals surface area contributed by atoms with Crippen molar-refractivity contribution in [3.63, 3.8) is 0 Å². The van der Waals surface area contributed by atoms with Crippen LogP contribution in [0, 0.1) is 18.7 Å². The SMILES string of the molecule is Cc1nonc1CNC(=O)c1cc(CC2CCNC2)ccc1F. The molecule has 2 heterocycles. The van der Waals surface area contributed by atoms with Crippen LogP contribution in [0.4, 0.5) is 4.39 Å². The molecule has 7 heteroatoms. The van der Waals surface area contributed by atoms with Gasteiger partial charge < -0.3 is 10.6 Å². The van der Waals surface area contributed by atoms with Gasteiger partial charge in [-0.1, -0.05) is 16.4 Å². The molecule has 23 heavy (non-hydrogen) atoms. The summed E-state index contributed by atoms with van der Waals surface area (Å²) in [6.45, 7) is 3.88. The van der Waals surface area contributed by atoms with Gasteiger partial charge in [0.1, 0.15) is 17.2 Å². The highest BCUT2D eigenvalue weighted by Gasteiger charge is 2.18. The Morgan fingerprint density at radius 1 is 1.48 bits per heavy atom. The summed E-state index contributed by atoms with van der Waals surface area (Å²) in [5.41, 5.74) is 2.17. The number of amides is 1. The summed E-state index contributed by atoms with van der Waals surface area (Å²) >= 11 is 0. The zero-order chi connectivity index (χ0) is 16.2. The van der Waals surface area contributed by atoms with Gasteiger partial charge in [-0.05, 0) is 56.5 Å². The van der Waals surface area contributed by atoms with Gasteiger partial charge in [-0.15, -0.1) is 0 Å². The number of carbonyl (C=O) groups excluding carboxylic acids is 1. The van der Waals surface area contributed by atoms with Gasteiger partial charge >= 0.3 is 0 Å². The lowest BCUT2D eigenvalue weighted by atomic mass is 9.97. The molecule has 1 aromatic carbocycles. The summed E-state index contributed by atoms with van der Waals surface area (Å²) in [6.07, 6.45) is 1.96. The van der Waals surface area contributed by atoms with E-state index < -0.39 is 11.7 Å². The van der Waals surface area contributed by atoms with Gasteiger partial charge in [-0.3, -0.25) is 4.79 Å². The van der Waals surface area contributed by atoms with E-state index in [9.17, 15) is 9.18 Å². The Balaban J connectivity index is 1.67. The van der Waals surface area contributed by atoms with E-state index in [1.165, 1.54) is 6.07 Å². The molecule has 2 N–H and O–H groups in total. The quantitative estimate of drug-likeness (QED) is 0.875. The third kappa shape index (κ3) is 3.73. The molecule has 1 amide bonds. The third-order valence-electron chi connectivity index (χ3n) is 4.12. The van der Waals surface area contributed by atoms with Crippen molar-refractivity contribution in [1.29, 1.82) is 0 Å². The fourth-order valence-electron chi connectivity index (χ4n) is 2.76. The molecule has 0 spiro atoms. The molecule has 1 aliphatic heterocycles. The van der Waals surface area contributed by atoms with Gasteiger partial charge in [-0.25, -0.2) is 9.02 Å². The van der Waals surface area contributed by atoms with Gasteiger partial charge in [0.05, 0.1) is 12.1 Å². The third-order valence-corrected chi connectivity index (χ3v) is 4.12. The van der Waals surface area contributed by atoms with Crippen molar-refractivity contribution in [2.24, 2.45) is 5.92 Å². The number of halogens is 1. The fraction of sp³-hybridized carbons (Fsp3) is 0.438. The largest absolute Gasteiger partial charge is 0.346 e. The first-order chi connectivity index (χ1) is 11.1. The number of aromatic nitrogens is 2. The molecule has 6 nitrogen and oxygen atoms in total. The second-order valence-corrected chi connectivity index (χ2v) is 5.86. The standard InChI is InChI=1S/C16H19FN4O2/c1-10-15(21-23-20-10)9-19-16(22)13-7-11(2-3-14(13)17)6-12-4-5-18-8-12/h2-3,7,12,18H,4-6,8-9H2,1H3,(H,19,22). The molecule has 0 aliphatic carbocycles. The van der Waals surface area contributed by atoms with Gasteiger partial charge in [0.2, 0.25) is 0 Å². The van der Waals surface area contributed by atoms with E-state index in [1.807, 2.05) is 0 Å². The molecule has 122 valence electrons. The summed E-state index contributed by atoms with van der Waals surface area (Å²) in [6, 6.07) is 4.74. The Bertz CT molecular complexity index is 695. The summed E-state index contributed by atoms with van der Waals surface area (Å²) in [7, 11) is 0. The van der Waals surface area contributed by atoms with Crippen LogP contribution in [-0.4, -0.2) is 29.3 Å². The van der Waals surface area contributed by atoms with E-state index in [-0.39, 0.29) is 12.1 Å². The number of carbonyl (C=O) groups is 1. The Hall–Kier alpha value is -2.28. The minimum atomic E-state index is -0.522. The maximum atomic E-state index is 14.0. The number of nitrogens with zero attached hydrogens (tertiary/aromatic N) is 2. The van der Waals surface area contributed by atoms with E-state index >= 15 is 0 Å². The Labute approximate surface area is 133 Å². The molecule has 1 atom stereocenters. The number of nitrogens with one attached hydrogen (secondary N) is 2. The molecule has 1 saturated heterocycles. The lowest BCUT2D eigenvalue weighted by molar-refractivity contribution is 0.0946. The van der Waals surface area contributed by atoms with Crippen LogP contribution < -0.4 is 10.6 Å². The number of hydrogen-bond donors (Lipinski definition) is 2. The van der Waals surface area contributed by atoms with Crippen LogP contribution in [0.25, 0.3) is 0 Å². The normalized spacial score (nSPS) is 17.4. The van der Waals surface area contributed by atoms with E-state index in [0.717, 1.165) is 31.5 Å².